The number of nitrogens with one attached hydrogen (secondary N) is 2. The Morgan fingerprint density at radius 3 is 2.75 bits per heavy atom. The molecule has 1 saturated heterocycles. The number of carbonyl (C=O) groups excluding carboxylic acids is 1. The van der Waals surface area contributed by atoms with Gasteiger partial charge in [0, 0.05) is 66.9 Å². The van der Waals surface area contributed by atoms with Crippen molar-refractivity contribution in [1.82, 2.24) is 30.3 Å². The largest absolute Gasteiger partial charge is 0.416 e. The fourth-order valence-electron chi connectivity index (χ4n) is 5.01. The van der Waals surface area contributed by atoms with E-state index in [1.807, 2.05) is 12.1 Å². The Morgan fingerprint density at radius 1 is 1.17 bits per heavy atom. The SMILES string of the molecule is O=C(N[C@@H]1CCCN(Cc2c(F)cccc2C(F)(F)F)C1)N1CCc2[nH]nc(-c3ccncc3)c2C1. The van der Waals surface area contributed by atoms with Crippen molar-refractivity contribution < 1.29 is 22.4 Å². The molecule has 3 aromatic rings. The molecule has 0 spiro atoms. The second-order valence-corrected chi connectivity index (χ2v) is 9.22. The number of benzene rings is 1. The van der Waals surface area contributed by atoms with E-state index in [1.165, 1.54) is 0 Å². The number of pyridine rings is 1. The molecule has 2 amide bonds. The molecule has 0 unspecified atom stereocenters. The van der Waals surface area contributed by atoms with Crippen LogP contribution in [0.1, 0.15) is 35.2 Å². The quantitative estimate of drug-likeness (QED) is 0.520. The zero-order valence-electron chi connectivity index (χ0n) is 19.5. The van der Waals surface area contributed by atoms with Crippen LogP contribution < -0.4 is 5.32 Å². The number of amides is 2. The van der Waals surface area contributed by atoms with Crippen molar-refractivity contribution >= 4 is 6.03 Å². The number of aromatic amines is 1. The predicted octanol–water partition coefficient (Wildman–Crippen LogP) is 4.36. The highest BCUT2D eigenvalue weighted by Crippen LogP contribution is 2.34. The molecular formula is C25H26F4N6O. The number of piperidine rings is 1. The van der Waals surface area contributed by atoms with Crippen molar-refractivity contribution in [3.8, 4) is 11.3 Å². The highest BCUT2D eigenvalue weighted by Gasteiger charge is 2.35. The number of rotatable bonds is 4. The first-order chi connectivity index (χ1) is 17.3. The van der Waals surface area contributed by atoms with Crippen LogP contribution >= 0.6 is 0 Å². The summed E-state index contributed by atoms with van der Waals surface area (Å²) in [5.41, 5.74) is 2.36. The van der Waals surface area contributed by atoms with Crippen molar-refractivity contribution in [3.05, 3.63) is 70.9 Å². The van der Waals surface area contributed by atoms with Crippen LogP contribution in [-0.4, -0.2) is 56.7 Å². The maximum atomic E-state index is 14.3. The van der Waals surface area contributed by atoms with Gasteiger partial charge in [0.25, 0.3) is 0 Å². The Hall–Kier alpha value is -3.47. The van der Waals surface area contributed by atoms with Crippen LogP contribution in [-0.2, 0) is 25.7 Å². The summed E-state index contributed by atoms with van der Waals surface area (Å²) in [5, 5.41) is 10.5. The fraction of sp³-hybridized carbons (Fsp3) is 0.400. The first kappa shape index (κ1) is 24.2. The molecule has 1 atom stereocenters. The van der Waals surface area contributed by atoms with E-state index < -0.39 is 17.6 Å². The number of fused-ring (bicyclic) bond motifs is 1. The Kier molecular flexibility index (Phi) is 6.65. The number of alkyl halides is 3. The van der Waals surface area contributed by atoms with Crippen molar-refractivity contribution in [2.24, 2.45) is 0 Å². The van der Waals surface area contributed by atoms with Gasteiger partial charge in [0.05, 0.1) is 17.8 Å². The van der Waals surface area contributed by atoms with E-state index in [0.29, 0.717) is 45.4 Å². The van der Waals surface area contributed by atoms with Gasteiger partial charge in [0.1, 0.15) is 5.82 Å². The van der Waals surface area contributed by atoms with Crippen LogP contribution in [0.3, 0.4) is 0 Å². The second kappa shape index (κ2) is 9.88. The number of aromatic nitrogens is 3. The number of H-pyrrole nitrogens is 1. The van der Waals surface area contributed by atoms with E-state index in [-0.39, 0.29) is 24.2 Å². The lowest BCUT2D eigenvalue weighted by molar-refractivity contribution is -0.138. The molecule has 2 aliphatic heterocycles. The van der Waals surface area contributed by atoms with Crippen LogP contribution in [0.15, 0.2) is 42.7 Å². The van der Waals surface area contributed by atoms with Gasteiger partial charge in [0.2, 0.25) is 0 Å². The molecule has 5 rings (SSSR count). The molecular weight excluding hydrogens is 476 g/mol. The van der Waals surface area contributed by atoms with Crippen LogP contribution in [0.5, 0.6) is 0 Å². The highest BCUT2D eigenvalue weighted by molar-refractivity contribution is 5.76. The summed E-state index contributed by atoms with van der Waals surface area (Å²) in [6.45, 7) is 1.65. The van der Waals surface area contributed by atoms with Gasteiger partial charge in [-0.1, -0.05) is 6.07 Å². The molecule has 2 aromatic heterocycles. The van der Waals surface area contributed by atoms with E-state index in [1.54, 1.807) is 22.2 Å². The Balaban J connectivity index is 1.23. The smallest absolute Gasteiger partial charge is 0.334 e. The third-order valence-electron chi connectivity index (χ3n) is 6.81. The molecule has 11 heteroatoms. The van der Waals surface area contributed by atoms with E-state index in [2.05, 4.69) is 20.5 Å². The maximum absolute atomic E-state index is 14.3. The topological polar surface area (TPSA) is 77.2 Å². The van der Waals surface area contributed by atoms with Crippen molar-refractivity contribution in [1.29, 1.82) is 0 Å². The molecule has 2 aliphatic rings. The van der Waals surface area contributed by atoms with Crippen LogP contribution in [0.25, 0.3) is 11.3 Å². The maximum Gasteiger partial charge on any atom is 0.416 e. The number of hydrogen-bond donors (Lipinski definition) is 2. The minimum absolute atomic E-state index is 0.161. The average molecular weight is 503 g/mol. The third kappa shape index (κ3) is 5.06. The molecule has 4 heterocycles. The molecule has 0 radical (unpaired) electrons. The molecule has 190 valence electrons. The van der Waals surface area contributed by atoms with Crippen molar-refractivity contribution in [3.63, 3.8) is 0 Å². The number of urea groups is 1. The third-order valence-corrected chi connectivity index (χ3v) is 6.81. The lowest BCUT2D eigenvalue weighted by Gasteiger charge is -2.35. The molecule has 0 saturated carbocycles. The molecule has 1 fully saturated rings. The van der Waals surface area contributed by atoms with Gasteiger partial charge in [-0.3, -0.25) is 15.0 Å². The summed E-state index contributed by atoms with van der Waals surface area (Å²) in [6.07, 6.45) is 0.799. The van der Waals surface area contributed by atoms with Crippen LogP contribution in [0.2, 0.25) is 0 Å². The Labute approximate surface area is 205 Å². The predicted molar refractivity (Wildman–Crippen MR) is 124 cm³/mol. The Morgan fingerprint density at radius 2 is 1.97 bits per heavy atom. The molecule has 1 aromatic carbocycles. The molecule has 36 heavy (non-hydrogen) atoms. The zero-order valence-corrected chi connectivity index (χ0v) is 19.5. The molecule has 0 aliphatic carbocycles. The summed E-state index contributed by atoms with van der Waals surface area (Å²) in [4.78, 5) is 20.6. The fourth-order valence-corrected chi connectivity index (χ4v) is 5.01. The number of carbonyl (C=O) groups is 1. The summed E-state index contributed by atoms with van der Waals surface area (Å²) in [5.74, 6) is -0.870. The summed E-state index contributed by atoms with van der Waals surface area (Å²) < 4.78 is 54.5. The standard InChI is InChI=1S/C25H26F4N6O/c26-21-5-1-4-20(25(27,28)29)18(21)14-34-11-2-3-17(13-34)31-24(36)35-12-8-22-19(15-35)23(33-32-22)16-6-9-30-10-7-16/h1,4-7,9-10,17H,2-3,8,11-15H2,(H,31,36)(H,32,33)/t17-/m1/s1. The van der Waals surface area contributed by atoms with Crippen molar-refractivity contribution in [2.75, 3.05) is 19.6 Å². The monoisotopic (exact) mass is 502 g/mol. The summed E-state index contributed by atoms with van der Waals surface area (Å²) >= 11 is 0. The highest BCUT2D eigenvalue weighted by atomic mass is 19.4. The van der Waals surface area contributed by atoms with E-state index in [4.69, 9.17) is 0 Å². The summed E-state index contributed by atoms with van der Waals surface area (Å²) in [6, 6.07) is 6.30. The van der Waals surface area contributed by atoms with Crippen molar-refractivity contribution in [2.45, 2.75) is 44.6 Å². The second-order valence-electron chi connectivity index (χ2n) is 9.22. The summed E-state index contributed by atoms with van der Waals surface area (Å²) in [7, 11) is 0. The lowest BCUT2D eigenvalue weighted by Crippen LogP contribution is -2.52. The molecule has 0 bridgehead atoms. The van der Waals surface area contributed by atoms with Gasteiger partial charge >= 0.3 is 12.2 Å². The van der Waals surface area contributed by atoms with E-state index in [0.717, 1.165) is 40.7 Å². The number of hydrogen-bond acceptors (Lipinski definition) is 4. The minimum Gasteiger partial charge on any atom is -0.334 e. The number of nitrogens with zero attached hydrogens (tertiary/aromatic N) is 4. The lowest BCUT2D eigenvalue weighted by atomic mass is 10.0. The minimum atomic E-state index is -4.63. The molecule has 2 N–H and O–H groups in total. The van der Waals surface area contributed by atoms with Gasteiger partial charge in [-0.25, -0.2) is 9.18 Å². The van der Waals surface area contributed by atoms with Gasteiger partial charge in [-0.05, 0) is 43.7 Å². The van der Waals surface area contributed by atoms with Gasteiger partial charge in [-0.2, -0.15) is 18.3 Å². The van der Waals surface area contributed by atoms with E-state index >= 15 is 0 Å². The van der Waals surface area contributed by atoms with Gasteiger partial charge in [0.15, 0.2) is 0 Å². The van der Waals surface area contributed by atoms with Crippen LogP contribution in [0, 0.1) is 5.82 Å². The van der Waals surface area contributed by atoms with Gasteiger partial charge in [-0.15, -0.1) is 0 Å². The molecule has 7 nitrogen and oxygen atoms in total. The first-order valence-corrected chi connectivity index (χ1v) is 11.9. The Bertz CT molecular complexity index is 1230. The van der Waals surface area contributed by atoms with E-state index in [9.17, 15) is 22.4 Å². The average Bonchev–Trinajstić information content (AvgIpc) is 3.29. The number of likely N-dealkylation sites (tertiary alicyclic amines) is 1. The first-order valence-electron chi connectivity index (χ1n) is 11.9. The van der Waals surface area contributed by atoms with Gasteiger partial charge < -0.3 is 10.2 Å². The normalized spacial score (nSPS) is 18.7. The van der Waals surface area contributed by atoms with Crippen LogP contribution in [0.4, 0.5) is 22.4 Å². The number of halogens is 4. The zero-order chi connectivity index (χ0) is 25.3.